The van der Waals surface area contributed by atoms with Gasteiger partial charge in [-0.15, -0.1) is 0 Å². The van der Waals surface area contributed by atoms with Gasteiger partial charge >= 0.3 is 0 Å². The van der Waals surface area contributed by atoms with Gasteiger partial charge in [0.05, 0.1) is 6.04 Å². The van der Waals surface area contributed by atoms with Crippen molar-refractivity contribution in [3.05, 3.63) is 0 Å². The van der Waals surface area contributed by atoms with Crippen LogP contribution in [0.4, 0.5) is 0 Å². The molecule has 0 heterocycles. The second-order valence-electron chi connectivity index (χ2n) is 4.48. The van der Waals surface area contributed by atoms with E-state index in [2.05, 4.69) is 36.1 Å². The Hall–Kier alpha value is -0.810. The highest BCUT2D eigenvalue weighted by Gasteiger charge is 2.11. The van der Waals surface area contributed by atoms with Crippen LogP contribution in [-0.2, 0) is 0 Å². The molecule has 0 aromatic rings. The quantitative estimate of drug-likeness (QED) is 0.247. The molecule has 0 saturated heterocycles. The lowest BCUT2D eigenvalue weighted by Crippen LogP contribution is -2.43. The molecule has 0 aromatic heterocycles. The van der Waals surface area contributed by atoms with Crippen LogP contribution in [0.1, 0.15) is 40.5 Å². The van der Waals surface area contributed by atoms with Crippen LogP contribution in [0.15, 0.2) is 5.16 Å². The number of rotatable bonds is 9. The van der Waals surface area contributed by atoms with Crippen LogP contribution in [0.3, 0.4) is 0 Å². The summed E-state index contributed by atoms with van der Waals surface area (Å²) in [5.41, 5.74) is 5.51. The van der Waals surface area contributed by atoms with E-state index in [0.717, 1.165) is 26.1 Å². The summed E-state index contributed by atoms with van der Waals surface area (Å²) in [6, 6.07) is 0.296. The summed E-state index contributed by atoms with van der Waals surface area (Å²) in [5.74, 6) is 0.237. The highest BCUT2D eigenvalue weighted by atomic mass is 16.4. The molecular formula is C12H28N4O. The third-order valence-electron chi connectivity index (χ3n) is 3.10. The zero-order chi connectivity index (χ0) is 13.3. The second-order valence-corrected chi connectivity index (χ2v) is 4.48. The Morgan fingerprint density at radius 1 is 1.35 bits per heavy atom. The van der Waals surface area contributed by atoms with Crippen molar-refractivity contribution in [2.45, 2.75) is 52.6 Å². The third-order valence-corrected chi connectivity index (χ3v) is 3.10. The first-order valence-electron chi connectivity index (χ1n) is 6.50. The topological polar surface area (TPSA) is 73.9 Å². The number of oxime groups is 1. The van der Waals surface area contributed by atoms with E-state index in [-0.39, 0.29) is 11.9 Å². The van der Waals surface area contributed by atoms with Gasteiger partial charge in [0.2, 0.25) is 0 Å². The van der Waals surface area contributed by atoms with Crippen molar-refractivity contribution in [2.24, 2.45) is 10.9 Å². The zero-order valence-electron chi connectivity index (χ0n) is 11.6. The Kier molecular flexibility index (Phi) is 8.80. The normalized spacial score (nSPS) is 16.2. The van der Waals surface area contributed by atoms with E-state index in [1.165, 1.54) is 6.42 Å². The Morgan fingerprint density at radius 3 is 2.41 bits per heavy atom. The lowest BCUT2D eigenvalue weighted by molar-refractivity contribution is 0.289. The Morgan fingerprint density at radius 2 is 1.94 bits per heavy atom. The van der Waals surface area contributed by atoms with Crippen molar-refractivity contribution in [1.82, 2.24) is 10.2 Å². The molecule has 5 heteroatoms. The van der Waals surface area contributed by atoms with Crippen molar-refractivity contribution >= 4 is 5.84 Å². The van der Waals surface area contributed by atoms with Gasteiger partial charge in [-0.2, -0.15) is 0 Å². The number of amidine groups is 1. The van der Waals surface area contributed by atoms with E-state index in [9.17, 15) is 0 Å². The van der Waals surface area contributed by atoms with Gasteiger partial charge in [-0.1, -0.05) is 19.0 Å². The Bertz CT molecular complexity index is 217. The molecule has 0 aromatic carbocycles. The molecule has 2 unspecified atom stereocenters. The Balaban J connectivity index is 3.76. The first kappa shape index (κ1) is 16.2. The van der Waals surface area contributed by atoms with Gasteiger partial charge in [-0.25, -0.2) is 0 Å². The van der Waals surface area contributed by atoms with Gasteiger partial charge in [0, 0.05) is 6.04 Å². The second kappa shape index (κ2) is 9.24. The molecule has 4 N–H and O–H groups in total. The van der Waals surface area contributed by atoms with E-state index in [1.807, 2.05) is 6.92 Å². The minimum Gasteiger partial charge on any atom is -0.409 e. The number of nitrogens with one attached hydrogen (secondary N) is 1. The smallest absolute Gasteiger partial charge is 0.156 e. The number of hydrogen-bond acceptors (Lipinski definition) is 4. The molecule has 0 fully saturated rings. The minimum absolute atomic E-state index is 0.0801. The van der Waals surface area contributed by atoms with Crippen molar-refractivity contribution in [1.29, 1.82) is 0 Å². The van der Waals surface area contributed by atoms with E-state index in [0.29, 0.717) is 6.04 Å². The summed E-state index contributed by atoms with van der Waals surface area (Å²) in [4.78, 5) is 2.42. The van der Waals surface area contributed by atoms with Crippen LogP contribution in [0.5, 0.6) is 0 Å². The number of hydrogen-bond donors (Lipinski definition) is 3. The highest BCUT2D eigenvalue weighted by molar-refractivity contribution is 5.84. The standard InChI is InChI=1S/C12H28N4O/c1-5-16(6-2)9-7-8-10(3)14-11(4)12(13)15-17/h10-11,14,17H,5-9H2,1-4H3,(H2,13,15). The van der Waals surface area contributed by atoms with Crippen LogP contribution < -0.4 is 11.1 Å². The molecule has 0 aliphatic heterocycles. The molecule has 2 atom stereocenters. The summed E-state index contributed by atoms with van der Waals surface area (Å²) >= 11 is 0. The average Bonchev–Trinajstić information content (AvgIpc) is 2.33. The van der Waals surface area contributed by atoms with Crippen molar-refractivity contribution < 1.29 is 5.21 Å². The molecule has 0 radical (unpaired) electrons. The van der Waals surface area contributed by atoms with Crippen LogP contribution >= 0.6 is 0 Å². The highest BCUT2D eigenvalue weighted by Crippen LogP contribution is 2.00. The lowest BCUT2D eigenvalue weighted by Gasteiger charge is -2.21. The molecule has 0 aliphatic rings. The maximum Gasteiger partial charge on any atom is 0.156 e. The number of nitrogens with zero attached hydrogens (tertiary/aromatic N) is 2. The molecule has 0 bridgehead atoms. The van der Waals surface area contributed by atoms with E-state index >= 15 is 0 Å². The van der Waals surface area contributed by atoms with Crippen molar-refractivity contribution in [2.75, 3.05) is 19.6 Å². The van der Waals surface area contributed by atoms with Crippen LogP contribution in [0.2, 0.25) is 0 Å². The molecule has 0 aliphatic carbocycles. The lowest BCUT2D eigenvalue weighted by atomic mass is 10.1. The molecular weight excluding hydrogens is 216 g/mol. The maximum absolute atomic E-state index is 8.55. The van der Waals surface area contributed by atoms with Gasteiger partial charge in [0.15, 0.2) is 5.84 Å². The maximum atomic E-state index is 8.55. The summed E-state index contributed by atoms with van der Waals surface area (Å²) < 4.78 is 0. The fraction of sp³-hybridized carbons (Fsp3) is 0.917. The molecule has 102 valence electrons. The van der Waals surface area contributed by atoms with Gasteiger partial charge in [-0.3, -0.25) is 0 Å². The Labute approximate surface area is 105 Å². The molecule has 5 nitrogen and oxygen atoms in total. The summed E-state index contributed by atoms with van der Waals surface area (Å²) in [5, 5.41) is 14.9. The van der Waals surface area contributed by atoms with E-state index in [4.69, 9.17) is 10.9 Å². The first-order valence-corrected chi connectivity index (χ1v) is 6.50. The zero-order valence-corrected chi connectivity index (χ0v) is 11.6. The monoisotopic (exact) mass is 244 g/mol. The van der Waals surface area contributed by atoms with Crippen LogP contribution in [-0.4, -0.2) is 47.7 Å². The molecule has 0 amide bonds. The van der Waals surface area contributed by atoms with Crippen molar-refractivity contribution in [3.8, 4) is 0 Å². The molecule has 0 saturated carbocycles. The van der Waals surface area contributed by atoms with Crippen molar-refractivity contribution in [3.63, 3.8) is 0 Å². The van der Waals surface area contributed by atoms with E-state index in [1.54, 1.807) is 0 Å². The molecule has 0 spiro atoms. The first-order chi connectivity index (χ1) is 8.04. The minimum atomic E-state index is -0.0801. The van der Waals surface area contributed by atoms with E-state index < -0.39 is 0 Å². The third kappa shape index (κ3) is 7.18. The van der Waals surface area contributed by atoms with Gasteiger partial charge in [0.1, 0.15) is 0 Å². The predicted molar refractivity (Wildman–Crippen MR) is 72.5 cm³/mol. The van der Waals surface area contributed by atoms with Crippen LogP contribution in [0.25, 0.3) is 0 Å². The fourth-order valence-corrected chi connectivity index (χ4v) is 1.84. The summed E-state index contributed by atoms with van der Waals surface area (Å²) in [7, 11) is 0. The largest absolute Gasteiger partial charge is 0.409 e. The van der Waals surface area contributed by atoms with Gasteiger partial charge in [-0.05, 0) is 46.3 Å². The fourth-order valence-electron chi connectivity index (χ4n) is 1.84. The summed E-state index contributed by atoms with van der Waals surface area (Å²) in [6.07, 6.45) is 2.26. The summed E-state index contributed by atoms with van der Waals surface area (Å²) in [6.45, 7) is 11.8. The SMILES string of the molecule is CCN(CC)CCCC(C)NC(C)C(N)=NO. The van der Waals surface area contributed by atoms with Gasteiger partial charge < -0.3 is 21.2 Å². The number of nitrogens with two attached hydrogens (primary N) is 1. The predicted octanol–water partition coefficient (Wildman–Crippen LogP) is 1.22. The molecule has 0 rings (SSSR count). The van der Waals surface area contributed by atoms with Crippen LogP contribution in [0, 0.1) is 0 Å². The van der Waals surface area contributed by atoms with Gasteiger partial charge in [0.25, 0.3) is 0 Å². The molecule has 17 heavy (non-hydrogen) atoms. The average molecular weight is 244 g/mol.